The van der Waals surface area contributed by atoms with Crippen molar-refractivity contribution in [3.05, 3.63) is 65.2 Å². The van der Waals surface area contributed by atoms with Crippen LogP contribution >= 0.6 is 11.6 Å². The summed E-state index contributed by atoms with van der Waals surface area (Å²) in [4.78, 5) is 54.2. The van der Waals surface area contributed by atoms with Gasteiger partial charge in [-0.2, -0.15) is 0 Å². The van der Waals surface area contributed by atoms with Gasteiger partial charge < -0.3 is 9.64 Å². The van der Waals surface area contributed by atoms with Crippen molar-refractivity contribution in [1.82, 2.24) is 0 Å². The third-order valence-electron chi connectivity index (χ3n) is 7.08. The number of rotatable bonds is 4. The number of carbonyl (C=O) groups excluding carboxylic acids is 4. The molecule has 3 aliphatic rings. The Balaban J connectivity index is 1.29. The highest BCUT2D eigenvalue weighted by Crippen LogP contribution is 2.41. The minimum absolute atomic E-state index is 0.0105. The first-order valence-corrected chi connectivity index (χ1v) is 12.0. The lowest BCUT2D eigenvalue weighted by atomic mass is 9.78. The van der Waals surface area contributed by atoms with Crippen LogP contribution in [-0.4, -0.2) is 30.2 Å². The van der Waals surface area contributed by atoms with E-state index in [4.69, 9.17) is 16.3 Å². The summed E-state index contributed by atoms with van der Waals surface area (Å²) in [5.41, 5.74) is 1.80. The predicted octanol–water partition coefficient (Wildman–Crippen LogP) is 4.31. The van der Waals surface area contributed by atoms with Gasteiger partial charge in [-0.05, 0) is 61.2 Å². The molecule has 8 heteroatoms. The zero-order chi connectivity index (χ0) is 24.9. The molecule has 2 heterocycles. The molecule has 7 nitrogen and oxygen atoms in total. The zero-order valence-electron chi connectivity index (χ0n) is 19.4. The average Bonchev–Trinajstić information content (AvgIpc) is 3.33. The van der Waals surface area contributed by atoms with Crippen LogP contribution < -0.4 is 14.5 Å². The molecule has 0 unspecified atom stereocenters. The highest BCUT2D eigenvalue weighted by molar-refractivity contribution is 6.31. The number of ether oxygens (including phenoxy) is 1. The van der Waals surface area contributed by atoms with E-state index in [1.165, 1.54) is 9.80 Å². The Bertz CT molecular complexity index is 1270. The van der Waals surface area contributed by atoms with Crippen molar-refractivity contribution in [3.8, 4) is 5.75 Å². The van der Waals surface area contributed by atoms with E-state index >= 15 is 0 Å². The summed E-state index contributed by atoms with van der Waals surface area (Å²) in [6.45, 7) is 3.94. The Morgan fingerprint density at radius 1 is 1.09 bits per heavy atom. The Labute approximate surface area is 208 Å². The predicted molar refractivity (Wildman–Crippen MR) is 131 cm³/mol. The van der Waals surface area contributed by atoms with E-state index in [0.29, 0.717) is 34.1 Å². The summed E-state index contributed by atoms with van der Waals surface area (Å²) in [5.74, 6) is -2.02. The lowest BCUT2D eigenvalue weighted by Crippen LogP contribution is -2.32. The molecule has 0 spiro atoms. The van der Waals surface area contributed by atoms with Crippen molar-refractivity contribution in [1.29, 1.82) is 0 Å². The summed E-state index contributed by atoms with van der Waals surface area (Å²) in [6.07, 6.45) is 4.58. The van der Waals surface area contributed by atoms with Crippen LogP contribution in [0.3, 0.4) is 0 Å². The van der Waals surface area contributed by atoms with Crippen LogP contribution in [0.5, 0.6) is 5.75 Å². The Morgan fingerprint density at radius 3 is 2.60 bits per heavy atom. The maximum Gasteiger partial charge on any atom is 0.316 e. The third-order valence-corrected chi connectivity index (χ3v) is 7.31. The molecule has 0 bridgehead atoms. The highest BCUT2D eigenvalue weighted by Gasteiger charge is 2.50. The van der Waals surface area contributed by atoms with E-state index in [1.807, 2.05) is 19.1 Å². The number of nitrogens with zero attached hydrogens (tertiary/aromatic N) is 2. The Morgan fingerprint density at radius 2 is 1.89 bits per heavy atom. The van der Waals surface area contributed by atoms with Crippen molar-refractivity contribution in [2.75, 3.05) is 16.3 Å². The van der Waals surface area contributed by atoms with Gasteiger partial charge in [-0.1, -0.05) is 36.7 Å². The molecular weight excluding hydrogens is 468 g/mol. The van der Waals surface area contributed by atoms with E-state index in [-0.39, 0.29) is 48.4 Å². The van der Waals surface area contributed by atoms with E-state index in [9.17, 15) is 19.2 Å². The molecule has 2 aliphatic heterocycles. The Kier molecular flexibility index (Phi) is 5.97. The van der Waals surface area contributed by atoms with Crippen LogP contribution in [0, 0.1) is 30.6 Å². The van der Waals surface area contributed by atoms with Gasteiger partial charge in [0.25, 0.3) is 0 Å². The number of hydrogen-bond acceptors (Lipinski definition) is 5. The lowest BCUT2D eigenvalue weighted by Gasteiger charge is -2.22. The molecule has 2 aromatic carbocycles. The molecule has 180 valence electrons. The first-order valence-electron chi connectivity index (χ1n) is 11.7. The van der Waals surface area contributed by atoms with Crippen LogP contribution in [0.4, 0.5) is 11.4 Å². The maximum atomic E-state index is 13.1. The number of esters is 1. The topological polar surface area (TPSA) is 84.0 Å². The van der Waals surface area contributed by atoms with Gasteiger partial charge in [0.05, 0.1) is 23.4 Å². The van der Waals surface area contributed by atoms with E-state index in [1.54, 1.807) is 49.4 Å². The molecule has 2 aromatic rings. The normalized spacial score (nSPS) is 25.9. The van der Waals surface area contributed by atoms with Crippen LogP contribution in [0.1, 0.15) is 25.3 Å². The van der Waals surface area contributed by atoms with Crippen molar-refractivity contribution in [3.63, 3.8) is 0 Å². The molecule has 2 saturated heterocycles. The number of anilines is 2. The molecule has 3 amide bonds. The fourth-order valence-corrected chi connectivity index (χ4v) is 5.47. The van der Waals surface area contributed by atoms with Crippen molar-refractivity contribution < 1.29 is 23.9 Å². The molecule has 0 saturated carbocycles. The fourth-order valence-electron chi connectivity index (χ4n) is 5.29. The van der Waals surface area contributed by atoms with Gasteiger partial charge in [-0.3, -0.25) is 19.2 Å². The molecular formula is C27H25ClN2O5. The number of allylic oxidation sites excluding steroid dienone is 2. The number of benzene rings is 2. The summed E-state index contributed by atoms with van der Waals surface area (Å²) < 4.78 is 5.58. The monoisotopic (exact) mass is 492 g/mol. The minimum Gasteiger partial charge on any atom is -0.426 e. The standard InChI is InChI=1S/C27H25ClN2O5/c1-15-5-3-8-21-24(15)26(33)30(25(21)32)22-10-9-20(11-16(22)2)35-27(34)17-12-23(31)29(14-17)19-7-4-6-18(28)13-19/h3-7,9-11,13,15,17,21,24H,8,12,14H2,1-2H3/t15-,17+,21+,24+/m0/s1. The smallest absolute Gasteiger partial charge is 0.316 e. The number of imide groups is 1. The molecule has 0 N–H and O–H groups in total. The van der Waals surface area contributed by atoms with E-state index < -0.39 is 11.9 Å². The molecule has 0 aromatic heterocycles. The van der Waals surface area contributed by atoms with Crippen LogP contribution in [0.2, 0.25) is 5.02 Å². The molecule has 5 rings (SSSR count). The summed E-state index contributed by atoms with van der Waals surface area (Å²) in [7, 11) is 0. The molecule has 2 fully saturated rings. The summed E-state index contributed by atoms with van der Waals surface area (Å²) >= 11 is 6.03. The second kappa shape index (κ2) is 8.96. The number of halogens is 1. The first kappa shape index (κ1) is 23.3. The van der Waals surface area contributed by atoms with Crippen LogP contribution in [-0.2, 0) is 19.2 Å². The number of fused-ring (bicyclic) bond motifs is 1. The van der Waals surface area contributed by atoms with Gasteiger partial charge in [0.2, 0.25) is 17.7 Å². The highest BCUT2D eigenvalue weighted by atomic mass is 35.5. The molecule has 4 atom stereocenters. The number of amides is 3. The minimum atomic E-state index is -0.611. The molecule has 1 aliphatic carbocycles. The second-order valence-corrected chi connectivity index (χ2v) is 9.86. The van der Waals surface area contributed by atoms with E-state index in [2.05, 4.69) is 0 Å². The van der Waals surface area contributed by atoms with Crippen molar-refractivity contribution >= 4 is 46.7 Å². The average molecular weight is 493 g/mol. The summed E-state index contributed by atoms with van der Waals surface area (Å²) in [5, 5.41) is 0.511. The van der Waals surface area contributed by atoms with Crippen molar-refractivity contribution in [2.24, 2.45) is 23.7 Å². The number of hydrogen-bond donors (Lipinski definition) is 0. The second-order valence-electron chi connectivity index (χ2n) is 9.42. The first-order chi connectivity index (χ1) is 16.7. The SMILES string of the molecule is Cc1cc(OC(=O)[C@@H]2CC(=O)N(c3cccc(Cl)c3)C2)ccc1N1C(=O)[C@@H]2[C@@H](C)C=CC[C@H]2C1=O. The Hall–Kier alpha value is -3.45. The van der Waals surface area contributed by atoms with Gasteiger partial charge in [0.1, 0.15) is 5.75 Å². The van der Waals surface area contributed by atoms with Gasteiger partial charge >= 0.3 is 5.97 Å². The maximum absolute atomic E-state index is 13.1. The number of aryl methyl sites for hydroxylation is 1. The van der Waals surface area contributed by atoms with Crippen LogP contribution in [0.15, 0.2) is 54.6 Å². The zero-order valence-corrected chi connectivity index (χ0v) is 20.2. The quantitative estimate of drug-likeness (QED) is 0.275. The van der Waals surface area contributed by atoms with Gasteiger partial charge in [0, 0.05) is 23.7 Å². The molecule has 0 radical (unpaired) electrons. The molecule has 35 heavy (non-hydrogen) atoms. The number of carbonyl (C=O) groups is 4. The van der Waals surface area contributed by atoms with Gasteiger partial charge in [-0.15, -0.1) is 0 Å². The largest absolute Gasteiger partial charge is 0.426 e. The lowest BCUT2D eigenvalue weighted by molar-refractivity contribution is -0.139. The third kappa shape index (κ3) is 4.14. The van der Waals surface area contributed by atoms with E-state index in [0.717, 1.165) is 0 Å². The van der Waals surface area contributed by atoms with Crippen molar-refractivity contribution in [2.45, 2.75) is 26.7 Å². The fraction of sp³-hybridized carbons (Fsp3) is 0.333. The van der Waals surface area contributed by atoms with Crippen LogP contribution in [0.25, 0.3) is 0 Å². The van der Waals surface area contributed by atoms with Gasteiger partial charge in [0.15, 0.2) is 0 Å². The summed E-state index contributed by atoms with van der Waals surface area (Å²) in [6, 6.07) is 11.8. The van der Waals surface area contributed by atoms with Gasteiger partial charge in [-0.25, -0.2) is 4.90 Å².